The molecular weight excluding hydrogens is 358 g/mol. The minimum atomic E-state index is -0.418. The normalized spacial score (nSPS) is 13.2. The summed E-state index contributed by atoms with van der Waals surface area (Å²) in [6.45, 7) is 4.38. The molecule has 3 aromatic rings. The summed E-state index contributed by atoms with van der Waals surface area (Å²) >= 11 is 0. The number of nitrogens with zero attached hydrogens (tertiary/aromatic N) is 1. The molecular formula is C22H23NO5. The van der Waals surface area contributed by atoms with Crippen LogP contribution in [0.2, 0.25) is 0 Å². The van der Waals surface area contributed by atoms with E-state index in [2.05, 4.69) is 4.90 Å². The van der Waals surface area contributed by atoms with Crippen molar-refractivity contribution in [3.05, 3.63) is 63.5 Å². The van der Waals surface area contributed by atoms with Crippen molar-refractivity contribution in [1.29, 1.82) is 0 Å². The molecule has 0 bridgehead atoms. The minimum absolute atomic E-state index is 0.153. The standard InChI is InChI=1S/C22H23NO5/c1-3-15-9-17-16(10-22(25)28-20(17)11-18(15)24)13-23(2)12-14-4-5-19-21(8-14)27-7-6-26-19/h4-5,8-11,24H,3,6-7,12-13H2,1-2H3. The Balaban J connectivity index is 1.59. The highest BCUT2D eigenvalue weighted by atomic mass is 16.6. The highest BCUT2D eigenvalue weighted by molar-refractivity contribution is 5.82. The molecule has 0 fully saturated rings. The first-order valence-corrected chi connectivity index (χ1v) is 9.39. The molecule has 1 aliphatic rings. The third-order valence-corrected chi connectivity index (χ3v) is 4.91. The van der Waals surface area contributed by atoms with Crippen molar-refractivity contribution in [2.75, 3.05) is 20.3 Å². The summed E-state index contributed by atoms with van der Waals surface area (Å²) in [6.07, 6.45) is 0.702. The molecule has 1 aliphatic heterocycles. The van der Waals surface area contributed by atoms with Gasteiger partial charge in [-0.1, -0.05) is 13.0 Å². The summed E-state index contributed by atoms with van der Waals surface area (Å²) in [7, 11) is 2.00. The molecule has 28 heavy (non-hydrogen) atoms. The zero-order chi connectivity index (χ0) is 19.7. The Kier molecular flexibility index (Phi) is 4.96. The molecule has 6 heteroatoms. The quantitative estimate of drug-likeness (QED) is 0.683. The van der Waals surface area contributed by atoms with E-state index in [1.807, 2.05) is 38.2 Å². The van der Waals surface area contributed by atoms with Gasteiger partial charge in [0.25, 0.3) is 0 Å². The number of benzene rings is 2. The summed E-state index contributed by atoms with van der Waals surface area (Å²) in [5, 5.41) is 10.9. The lowest BCUT2D eigenvalue weighted by Gasteiger charge is -2.21. The number of aryl methyl sites for hydroxylation is 1. The predicted octanol–water partition coefficient (Wildman–Crippen LogP) is 3.46. The summed E-state index contributed by atoms with van der Waals surface area (Å²) in [6, 6.07) is 10.9. The molecule has 146 valence electrons. The lowest BCUT2D eigenvalue weighted by atomic mass is 10.0. The Morgan fingerprint density at radius 2 is 1.79 bits per heavy atom. The van der Waals surface area contributed by atoms with E-state index in [4.69, 9.17) is 13.9 Å². The number of aromatic hydroxyl groups is 1. The average Bonchev–Trinajstić information content (AvgIpc) is 2.67. The summed E-state index contributed by atoms with van der Waals surface area (Å²) in [4.78, 5) is 14.1. The first-order chi connectivity index (χ1) is 13.5. The lowest BCUT2D eigenvalue weighted by molar-refractivity contribution is 0.171. The third kappa shape index (κ3) is 3.68. The summed E-state index contributed by atoms with van der Waals surface area (Å²) in [5.74, 6) is 1.70. The van der Waals surface area contributed by atoms with Gasteiger partial charge in [-0.15, -0.1) is 0 Å². The molecule has 0 saturated carbocycles. The van der Waals surface area contributed by atoms with Gasteiger partial charge in [0.2, 0.25) is 0 Å². The van der Waals surface area contributed by atoms with Crippen molar-refractivity contribution in [2.24, 2.45) is 0 Å². The molecule has 0 aliphatic carbocycles. The van der Waals surface area contributed by atoms with Gasteiger partial charge in [0.15, 0.2) is 11.5 Å². The average molecular weight is 381 g/mol. The van der Waals surface area contributed by atoms with E-state index in [9.17, 15) is 9.90 Å². The van der Waals surface area contributed by atoms with Crippen LogP contribution in [-0.2, 0) is 19.5 Å². The van der Waals surface area contributed by atoms with Crippen LogP contribution in [0.4, 0.5) is 0 Å². The fourth-order valence-corrected chi connectivity index (χ4v) is 3.57. The predicted molar refractivity (Wildman–Crippen MR) is 106 cm³/mol. The van der Waals surface area contributed by atoms with Gasteiger partial charge in [0.05, 0.1) is 0 Å². The van der Waals surface area contributed by atoms with E-state index in [1.54, 1.807) is 0 Å². The highest BCUT2D eigenvalue weighted by Gasteiger charge is 2.14. The van der Waals surface area contributed by atoms with Crippen LogP contribution < -0.4 is 15.1 Å². The number of phenolic OH excluding ortho intramolecular Hbond substituents is 1. The van der Waals surface area contributed by atoms with E-state index in [0.717, 1.165) is 33.6 Å². The van der Waals surface area contributed by atoms with Crippen LogP contribution in [0, 0.1) is 0 Å². The molecule has 0 atom stereocenters. The van der Waals surface area contributed by atoms with Gasteiger partial charge in [-0.25, -0.2) is 4.79 Å². The fraction of sp³-hybridized carbons (Fsp3) is 0.318. The SMILES string of the molecule is CCc1cc2c(CN(C)Cc3ccc4c(c3)OCCO4)cc(=O)oc2cc1O. The Bertz CT molecular complexity index is 1070. The van der Waals surface area contributed by atoms with E-state index in [0.29, 0.717) is 38.3 Å². The van der Waals surface area contributed by atoms with Crippen LogP contribution in [0.25, 0.3) is 11.0 Å². The monoisotopic (exact) mass is 381 g/mol. The Morgan fingerprint density at radius 1 is 1.00 bits per heavy atom. The second-order valence-corrected chi connectivity index (χ2v) is 7.07. The lowest BCUT2D eigenvalue weighted by Crippen LogP contribution is -2.19. The molecule has 0 unspecified atom stereocenters. The van der Waals surface area contributed by atoms with Gasteiger partial charge in [-0.05, 0) is 48.4 Å². The Morgan fingerprint density at radius 3 is 2.57 bits per heavy atom. The van der Waals surface area contributed by atoms with Crippen LogP contribution in [0.15, 0.2) is 45.6 Å². The van der Waals surface area contributed by atoms with Crippen molar-refractivity contribution < 1.29 is 19.0 Å². The van der Waals surface area contributed by atoms with Crippen LogP contribution in [0.5, 0.6) is 17.2 Å². The van der Waals surface area contributed by atoms with E-state index in [-0.39, 0.29) is 5.75 Å². The number of hydrogen-bond acceptors (Lipinski definition) is 6. The van der Waals surface area contributed by atoms with Gasteiger partial charge < -0.3 is 19.0 Å². The van der Waals surface area contributed by atoms with Crippen molar-refractivity contribution in [2.45, 2.75) is 26.4 Å². The van der Waals surface area contributed by atoms with Gasteiger partial charge >= 0.3 is 5.63 Å². The molecule has 0 saturated heterocycles. The number of rotatable bonds is 5. The fourth-order valence-electron chi connectivity index (χ4n) is 3.57. The van der Waals surface area contributed by atoms with Crippen molar-refractivity contribution in [3.63, 3.8) is 0 Å². The van der Waals surface area contributed by atoms with Crippen LogP contribution in [0.3, 0.4) is 0 Å². The zero-order valence-corrected chi connectivity index (χ0v) is 16.0. The van der Waals surface area contributed by atoms with E-state index < -0.39 is 5.63 Å². The maximum Gasteiger partial charge on any atom is 0.336 e. The van der Waals surface area contributed by atoms with Gasteiger partial charge in [-0.3, -0.25) is 4.90 Å². The maximum atomic E-state index is 12.0. The Labute approximate surface area is 162 Å². The molecule has 2 heterocycles. The Hall–Kier alpha value is -2.99. The largest absolute Gasteiger partial charge is 0.508 e. The first-order valence-electron chi connectivity index (χ1n) is 9.39. The molecule has 6 nitrogen and oxygen atoms in total. The van der Waals surface area contributed by atoms with Gasteiger partial charge in [0, 0.05) is 30.6 Å². The van der Waals surface area contributed by atoms with Crippen molar-refractivity contribution in [1.82, 2.24) is 4.90 Å². The summed E-state index contributed by atoms with van der Waals surface area (Å²) < 4.78 is 16.5. The first kappa shape index (κ1) is 18.4. The van der Waals surface area contributed by atoms with Crippen LogP contribution in [-0.4, -0.2) is 30.3 Å². The number of hydrogen-bond donors (Lipinski definition) is 1. The van der Waals surface area contributed by atoms with E-state index >= 15 is 0 Å². The molecule has 0 radical (unpaired) electrons. The highest BCUT2D eigenvalue weighted by Crippen LogP contribution is 2.31. The van der Waals surface area contributed by atoms with Crippen LogP contribution >= 0.6 is 0 Å². The number of fused-ring (bicyclic) bond motifs is 2. The minimum Gasteiger partial charge on any atom is -0.508 e. The van der Waals surface area contributed by atoms with Crippen LogP contribution in [0.1, 0.15) is 23.6 Å². The smallest absolute Gasteiger partial charge is 0.336 e. The molecule has 2 aromatic carbocycles. The number of phenols is 1. The molecule has 1 aromatic heterocycles. The third-order valence-electron chi connectivity index (χ3n) is 4.91. The molecule has 0 spiro atoms. The summed E-state index contributed by atoms with van der Waals surface area (Å²) in [5.41, 5.74) is 2.80. The van der Waals surface area contributed by atoms with Gasteiger partial charge in [0.1, 0.15) is 24.5 Å². The molecule has 1 N–H and O–H groups in total. The second kappa shape index (κ2) is 7.56. The maximum absolute atomic E-state index is 12.0. The molecule has 0 amide bonds. The van der Waals surface area contributed by atoms with Gasteiger partial charge in [-0.2, -0.15) is 0 Å². The molecule has 4 rings (SSSR count). The van der Waals surface area contributed by atoms with Crippen molar-refractivity contribution >= 4 is 11.0 Å². The van der Waals surface area contributed by atoms with E-state index in [1.165, 1.54) is 12.1 Å². The number of ether oxygens (including phenoxy) is 2. The van der Waals surface area contributed by atoms with Crippen molar-refractivity contribution in [3.8, 4) is 17.2 Å². The zero-order valence-electron chi connectivity index (χ0n) is 16.0. The topological polar surface area (TPSA) is 72.1 Å². The second-order valence-electron chi connectivity index (χ2n) is 7.07.